The van der Waals surface area contributed by atoms with E-state index in [4.69, 9.17) is 11.5 Å². The van der Waals surface area contributed by atoms with E-state index in [-0.39, 0.29) is 0 Å². The van der Waals surface area contributed by atoms with Crippen molar-refractivity contribution in [1.29, 1.82) is 0 Å². The Kier molecular flexibility index (Phi) is 1.62. The molecule has 1 aromatic carbocycles. The highest BCUT2D eigenvalue weighted by atomic mass is 32.2. The fraction of sp³-hybridized carbons (Fsp3) is 0. The number of benzene rings is 1. The van der Waals surface area contributed by atoms with Crippen molar-refractivity contribution in [3.05, 3.63) is 24.6 Å². The normalized spacial score (nSPS) is 10.5. The van der Waals surface area contributed by atoms with Crippen molar-refractivity contribution >= 4 is 29.8 Å². The van der Waals surface area contributed by atoms with Crippen LogP contribution in [-0.2, 0) is 0 Å². The molecule has 2 aromatic rings. The molecule has 4 heteroatoms. The fourth-order valence-corrected chi connectivity index (χ4v) is 1.24. The summed E-state index contributed by atoms with van der Waals surface area (Å²) in [6, 6.07) is 5.65. The molecule has 0 atom stereocenters. The van der Waals surface area contributed by atoms with E-state index in [0.717, 1.165) is 16.0 Å². The molecule has 2 radical (unpaired) electrons. The molecular formula is C7H4BNOS. The quantitative estimate of drug-likeness (QED) is 0.598. The van der Waals surface area contributed by atoms with Gasteiger partial charge in [0.2, 0.25) is 0 Å². The Bertz CT molecular complexity index is 373. The summed E-state index contributed by atoms with van der Waals surface area (Å²) in [5.74, 6) is 0. The monoisotopic (exact) mass is 161 g/mol. The number of oxazole rings is 1. The second-order valence-corrected chi connectivity index (χ2v) is 2.81. The van der Waals surface area contributed by atoms with E-state index in [0.29, 0.717) is 0 Å². The third kappa shape index (κ3) is 1.14. The van der Waals surface area contributed by atoms with Gasteiger partial charge in [0.1, 0.15) is 5.52 Å². The molecule has 1 aromatic heterocycles. The molecule has 11 heavy (non-hydrogen) atoms. The van der Waals surface area contributed by atoms with Crippen molar-refractivity contribution in [1.82, 2.24) is 4.98 Å². The first-order valence-electron chi connectivity index (χ1n) is 3.10. The van der Waals surface area contributed by atoms with Gasteiger partial charge in [0.25, 0.3) is 0 Å². The standard InChI is InChI=1S/C7H4BNOS/c8-11-5-1-2-7-6(3-5)9-4-10-7/h1-4H. The van der Waals surface area contributed by atoms with Gasteiger partial charge in [0.05, 0.1) is 0 Å². The average Bonchev–Trinajstić information content (AvgIpc) is 2.50. The first-order valence-corrected chi connectivity index (χ1v) is 3.98. The Hall–Kier alpha value is -0.895. The molecule has 0 saturated carbocycles. The largest absolute Gasteiger partial charge is 0.443 e. The van der Waals surface area contributed by atoms with Crippen LogP contribution in [0.1, 0.15) is 0 Å². The molecule has 0 bridgehead atoms. The maximum Gasteiger partial charge on any atom is 0.181 e. The number of hydrogen-bond donors (Lipinski definition) is 0. The van der Waals surface area contributed by atoms with Gasteiger partial charge in [-0.25, -0.2) is 4.98 Å². The summed E-state index contributed by atoms with van der Waals surface area (Å²) in [6.45, 7) is 0. The summed E-state index contributed by atoms with van der Waals surface area (Å²) in [5, 5.41) is 0. The Morgan fingerprint density at radius 3 is 3.18 bits per heavy atom. The van der Waals surface area contributed by atoms with E-state index in [2.05, 4.69) is 4.98 Å². The van der Waals surface area contributed by atoms with E-state index in [1.807, 2.05) is 18.2 Å². The van der Waals surface area contributed by atoms with Crippen molar-refractivity contribution in [2.75, 3.05) is 0 Å². The zero-order chi connectivity index (χ0) is 7.68. The average molecular weight is 161 g/mol. The van der Waals surface area contributed by atoms with Crippen LogP contribution in [0.3, 0.4) is 0 Å². The van der Waals surface area contributed by atoms with Crippen molar-refractivity contribution in [3.63, 3.8) is 0 Å². The molecule has 52 valence electrons. The Labute approximate surface area is 69.3 Å². The molecule has 2 nitrogen and oxygen atoms in total. The van der Waals surface area contributed by atoms with Gasteiger partial charge in [0.15, 0.2) is 19.1 Å². The Morgan fingerprint density at radius 1 is 1.45 bits per heavy atom. The van der Waals surface area contributed by atoms with Gasteiger partial charge in [-0.2, -0.15) is 11.6 Å². The summed E-state index contributed by atoms with van der Waals surface area (Å²) in [4.78, 5) is 4.98. The van der Waals surface area contributed by atoms with Crippen LogP contribution in [0, 0.1) is 0 Å². The first kappa shape index (κ1) is 6.79. The predicted molar refractivity (Wildman–Crippen MR) is 45.6 cm³/mol. The molecule has 0 aliphatic carbocycles. The molecule has 0 N–H and O–H groups in total. The molecule has 0 spiro atoms. The maximum atomic E-state index is 5.37. The summed E-state index contributed by atoms with van der Waals surface area (Å²) >= 11 is 1.21. The lowest BCUT2D eigenvalue weighted by Crippen LogP contribution is -1.70. The summed E-state index contributed by atoms with van der Waals surface area (Å²) in [6.07, 6.45) is 1.43. The van der Waals surface area contributed by atoms with Gasteiger partial charge < -0.3 is 4.42 Å². The summed E-state index contributed by atoms with van der Waals surface area (Å²) < 4.78 is 5.06. The number of hydrogen-bond acceptors (Lipinski definition) is 3. The molecular weight excluding hydrogens is 157 g/mol. The van der Waals surface area contributed by atoms with Crippen LogP contribution in [-0.4, -0.2) is 12.1 Å². The second-order valence-electron chi connectivity index (χ2n) is 2.10. The van der Waals surface area contributed by atoms with Crippen molar-refractivity contribution in [3.8, 4) is 0 Å². The number of aromatic nitrogens is 1. The zero-order valence-corrected chi connectivity index (χ0v) is 6.47. The van der Waals surface area contributed by atoms with Gasteiger partial charge in [-0.05, 0) is 23.1 Å². The van der Waals surface area contributed by atoms with Crippen molar-refractivity contribution in [2.24, 2.45) is 0 Å². The Balaban J connectivity index is 2.67. The molecule has 0 aliphatic heterocycles. The van der Waals surface area contributed by atoms with Gasteiger partial charge in [-0.15, -0.1) is 0 Å². The molecule has 1 heterocycles. The van der Waals surface area contributed by atoms with Gasteiger partial charge in [0, 0.05) is 0 Å². The van der Waals surface area contributed by atoms with Gasteiger partial charge in [-0.1, -0.05) is 0 Å². The summed E-state index contributed by atoms with van der Waals surface area (Å²) in [7, 11) is 5.37. The van der Waals surface area contributed by atoms with Crippen LogP contribution >= 0.6 is 11.6 Å². The zero-order valence-electron chi connectivity index (χ0n) is 5.65. The highest BCUT2D eigenvalue weighted by molar-refractivity contribution is 8.19. The molecule has 0 aliphatic rings. The van der Waals surface area contributed by atoms with Crippen molar-refractivity contribution in [2.45, 2.75) is 4.90 Å². The molecule has 2 rings (SSSR count). The lowest BCUT2D eigenvalue weighted by Gasteiger charge is -1.92. The molecule has 0 saturated heterocycles. The minimum atomic E-state index is 0.794. The Morgan fingerprint density at radius 2 is 2.36 bits per heavy atom. The predicted octanol–water partition coefficient (Wildman–Crippen LogP) is 2.00. The number of rotatable bonds is 1. The third-order valence-corrected chi connectivity index (χ3v) is 1.96. The van der Waals surface area contributed by atoms with E-state index < -0.39 is 0 Å². The van der Waals surface area contributed by atoms with Crippen LogP contribution in [0.5, 0.6) is 0 Å². The minimum Gasteiger partial charge on any atom is -0.443 e. The lowest BCUT2D eigenvalue weighted by molar-refractivity contribution is 0.602. The highest BCUT2D eigenvalue weighted by Crippen LogP contribution is 2.19. The molecule has 0 amide bonds. The SMILES string of the molecule is [B]Sc1ccc2ocnc2c1. The number of fused-ring (bicyclic) bond motifs is 1. The minimum absolute atomic E-state index is 0.794. The van der Waals surface area contributed by atoms with Crippen LogP contribution < -0.4 is 0 Å². The van der Waals surface area contributed by atoms with Crippen molar-refractivity contribution < 1.29 is 4.42 Å². The number of nitrogens with zero attached hydrogens (tertiary/aromatic N) is 1. The van der Waals surface area contributed by atoms with E-state index >= 15 is 0 Å². The fourth-order valence-electron chi connectivity index (χ4n) is 0.911. The maximum absolute atomic E-state index is 5.37. The van der Waals surface area contributed by atoms with Crippen LogP contribution in [0.25, 0.3) is 11.1 Å². The van der Waals surface area contributed by atoms with Gasteiger partial charge in [-0.3, -0.25) is 0 Å². The van der Waals surface area contributed by atoms with Crippen LogP contribution in [0.4, 0.5) is 0 Å². The molecule has 0 unspecified atom stereocenters. The third-order valence-electron chi connectivity index (χ3n) is 1.44. The second kappa shape index (κ2) is 2.62. The van der Waals surface area contributed by atoms with E-state index in [1.54, 1.807) is 0 Å². The topological polar surface area (TPSA) is 26.0 Å². The molecule has 0 fully saturated rings. The smallest absolute Gasteiger partial charge is 0.181 e. The van der Waals surface area contributed by atoms with Gasteiger partial charge >= 0.3 is 0 Å². The highest BCUT2D eigenvalue weighted by Gasteiger charge is 1.97. The first-order chi connectivity index (χ1) is 5.40. The van der Waals surface area contributed by atoms with E-state index in [9.17, 15) is 0 Å². The summed E-state index contributed by atoms with van der Waals surface area (Å²) in [5.41, 5.74) is 1.64. The van der Waals surface area contributed by atoms with Crippen LogP contribution in [0.15, 0.2) is 33.9 Å². The lowest BCUT2D eigenvalue weighted by atomic mass is 10.3. The van der Waals surface area contributed by atoms with Crippen LogP contribution in [0.2, 0.25) is 0 Å². The van der Waals surface area contributed by atoms with E-state index in [1.165, 1.54) is 18.0 Å².